The average molecular weight is 1100 g/mol. The van der Waals surface area contributed by atoms with E-state index in [1.165, 1.54) is 128 Å². The smallest absolute Gasteiger partial charge is 0.126 e. The SMILES string of the molecule is C1=CCC(N2c3ccccc3NC2c2ccc(-n3c4ccc(-c5ccccc5)cc4c4cc(-c5ccc6c(c5)c5cc(-c7ccccc7)ccc5n6C5=C\C6CCC(/C=C\5)N(c5ccccc5)c5ccc(-c7ccccc7)cc56)ccc43)cc2)C=C1. The fourth-order valence-electron chi connectivity index (χ4n) is 14.5. The Hall–Kier alpha value is -10.6. The zero-order valence-corrected chi connectivity index (χ0v) is 47.6. The average Bonchev–Trinajstić information content (AvgIpc) is 1.87. The summed E-state index contributed by atoms with van der Waals surface area (Å²) in [5.74, 6) is 0.184. The summed E-state index contributed by atoms with van der Waals surface area (Å²) >= 11 is 0. The lowest BCUT2D eigenvalue weighted by Gasteiger charge is -2.34. The highest BCUT2D eigenvalue weighted by molar-refractivity contribution is 6.14. The third kappa shape index (κ3) is 8.44. The van der Waals surface area contributed by atoms with Crippen LogP contribution in [-0.2, 0) is 0 Å². The summed E-state index contributed by atoms with van der Waals surface area (Å²) in [6.45, 7) is 0. The number of nitrogens with one attached hydrogen (secondary N) is 1. The summed E-state index contributed by atoms with van der Waals surface area (Å²) < 4.78 is 5.01. The predicted octanol–water partition coefficient (Wildman–Crippen LogP) is 20.9. The molecule has 4 atom stereocenters. The van der Waals surface area contributed by atoms with Crippen LogP contribution < -0.4 is 15.1 Å². The highest BCUT2D eigenvalue weighted by atomic mass is 15.3. The minimum atomic E-state index is 0.00896. The van der Waals surface area contributed by atoms with Crippen LogP contribution in [0, 0.1) is 0 Å². The van der Waals surface area contributed by atoms with Crippen LogP contribution in [0.5, 0.6) is 0 Å². The highest BCUT2D eigenvalue weighted by Crippen LogP contribution is 2.48. The number of hydrogen-bond acceptors (Lipinski definition) is 3. The number of para-hydroxylation sites is 3. The number of nitrogens with zero attached hydrogens (tertiary/aromatic N) is 4. The summed E-state index contributed by atoms with van der Waals surface area (Å²) in [5, 5.41) is 8.80. The first-order chi connectivity index (χ1) is 42.6. The van der Waals surface area contributed by atoms with E-state index in [2.05, 4.69) is 328 Å². The fraction of sp³-hybridized carbons (Fsp3) is 0.0864. The van der Waals surface area contributed by atoms with Gasteiger partial charge in [0.1, 0.15) is 6.17 Å². The Labute approximate surface area is 501 Å². The van der Waals surface area contributed by atoms with Crippen LogP contribution in [0.4, 0.5) is 22.7 Å². The molecule has 4 aliphatic rings. The van der Waals surface area contributed by atoms with Crippen molar-refractivity contribution >= 4 is 72.1 Å². The Bertz CT molecular complexity index is 4890. The van der Waals surface area contributed by atoms with Crippen LogP contribution in [0.2, 0.25) is 0 Å². The molecule has 5 nitrogen and oxygen atoms in total. The lowest BCUT2D eigenvalue weighted by Crippen LogP contribution is -2.37. The molecule has 0 saturated heterocycles. The van der Waals surface area contributed by atoms with E-state index < -0.39 is 0 Å². The molecule has 2 aromatic heterocycles. The molecule has 17 rings (SSSR count). The molecule has 410 valence electrons. The van der Waals surface area contributed by atoms with Gasteiger partial charge in [-0.1, -0.05) is 200 Å². The maximum atomic E-state index is 3.89. The molecule has 0 radical (unpaired) electrons. The van der Waals surface area contributed by atoms with Crippen LogP contribution in [0.15, 0.2) is 303 Å². The van der Waals surface area contributed by atoms with E-state index >= 15 is 0 Å². The molecule has 11 aromatic carbocycles. The molecule has 4 heterocycles. The number of allylic oxidation sites excluding steroid dienone is 5. The normalized spacial score (nSPS) is 18.8. The Balaban J connectivity index is 0.809. The lowest BCUT2D eigenvalue weighted by molar-refractivity contribution is 0.632. The topological polar surface area (TPSA) is 28.4 Å². The van der Waals surface area contributed by atoms with Crippen LogP contribution in [0.1, 0.15) is 42.5 Å². The minimum Gasteiger partial charge on any atom is -0.360 e. The van der Waals surface area contributed by atoms with E-state index in [0.717, 1.165) is 24.9 Å². The second kappa shape index (κ2) is 20.6. The van der Waals surface area contributed by atoms with Crippen molar-refractivity contribution in [3.05, 3.63) is 315 Å². The van der Waals surface area contributed by atoms with Crippen LogP contribution in [-0.4, -0.2) is 21.2 Å². The quantitative estimate of drug-likeness (QED) is 0.156. The summed E-state index contributed by atoms with van der Waals surface area (Å²) in [7, 11) is 0. The van der Waals surface area contributed by atoms with Crippen molar-refractivity contribution in [2.75, 3.05) is 15.1 Å². The molecule has 0 fully saturated rings. The second-order valence-electron chi connectivity index (χ2n) is 23.6. The van der Waals surface area contributed by atoms with Crippen molar-refractivity contribution in [2.24, 2.45) is 0 Å². The first-order valence-electron chi connectivity index (χ1n) is 30.4. The van der Waals surface area contributed by atoms with E-state index in [0.29, 0.717) is 0 Å². The maximum absolute atomic E-state index is 3.89. The zero-order chi connectivity index (χ0) is 56.7. The first-order valence-corrected chi connectivity index (χ1v) is 30.4. The standard InChI is InChI=1S/C81H61N5/c1-6-18-54(19-7-1)58-33-43-75-69(49-58)63-32-40-66(83(75)64-24-12-4-13-25-64)41-42-68(48-63)85-78-45-35-60(56-22-10-3-11-23-56)51-71(78)73-53-62(37-47-79(73)85)61-36-46-77-72(52-61)70-50-59(55-20-8-2-9-21-55)34-44-76(70)84(77)67-38-30-57(31-39-67)81-82-74-28-16-17-29-80(74)86(81)65-26-14-5-15-27-65/h1-26,28-31,33-39,41-53,63,65-66,81-82H,27,32,40H2/b42-41-,68-48-. The van der Waals surface area contributed by atoms with E-state index in [9.17, 15) is 0 Å². The molecule has 86 heavy (non-hydrogen) atoms. The fourth-order valence-corrected chi connectivity index (χ4v) is 14.5. The molecule has 0 amide bonds. The van der Waals surface area contributed by atoms with Crippen molar-refractivity contribution < 1.29 is 0 Å². The number of rotatable bonds is 9. The molecule has 0 saturated carbocycles. The van der Waals surface area contributed by atoms with E-state index in [1.54, 1.807) is 0 Å². The van der Waals surface area contributed by atoms with Gasteiger partial charge in [0, 0.05) is 50.2 Å². The van der Waals surface area contributed by atoms with Gasteiger partial charge in [0.05, 0.1) is 45.5 Å². The Morgan fingerprint density at radius 2 is 0.884 bits per heavy atom. The molecule has 0 spiro atoms. The van der Waals surface area contributed by atoms with Crippen molar-refractivity contribution in [3.8, 4) is 50.2 Å². The first kappa shape index (κ1) is 49.9. The number of hydrogen-bond donors (Lipinski definition) is 1. The minimum absolute atomic E-state index is 0.00896. The molecule has 2 bridgehead atoms. The van der Waals surface area contributed by atoms with E-state index in [-0.39, 0.29) is 24.2 Å². The number of aromatic nitrogens is 2. The number of anilines is 4. The third-order valence-corrected chi connectivity index (χ3v) is 18.7. The number of benzene rings is 11. The Morgan fingerprint density at radius 1 is 0.372 bits per heavy atom. The predicted molar refractivity (Wildman–Crippen MR) is 362 cm³/mol. The van der Waals surface area contributed by atoms with Gasteiger partial charge in [0.25, 0.3) is 0 Å². The summed E-state index contributed by atoms with van der Waals surface area (Å²) in [6, 6.07) is 97.5. The highest BCUT2D eigenvalue weighted by Gasteiger charge is 2.35. The largest absolute Gasteiger partial charge is 0.360 e. The molecule has 1 N–H and O–H groups in total. The van der Waals surface area contributed by atoms with Gasteiger partial charge in [-0.05, 0) is 178 Å². The molecule has 5 heteroatoms. The molecule has 4 unspecified atom stereocenters. The van der Waals surface area contributed by atoms with Gasteiger partial charge < -0.3 is 24.3 Å². The molecule has 2 aliphatic heterocycles. The summed E-state index contributed by atoms with van der Waals surface area (Å²) in [6.07, 6.45) is 19.5. The van der Waals surface area contributed by atoms with Gasteiger partial charge in [-0.2, -0.15) is 0 Å². The molecular formula is C81H61N5. The van der Waals surface area contributed by atoms with Crippen molar-refractivity contribution in [1.29, 1.82) is 0 Å². The molecule has 2 aliphatic carbocycles. The van der Waals surface area contributed by atoms with Gasteiger partial charge in [0.15, 0.2) is 0 Å². The number of fused-ring (bicyclic) bond motifs is 12. The Kier molecular flexibility index (Phi) is 12.0. The maximum Gasteiger partial charge on any atom is 0.126 e. The van der Waals surface area contributed by atoms with E-state index in [1.807, 2.05) is 0 Å². The van der Waals surface area contributed by atoms with E-state index in [4.69, 9.17) is 0 Å². The van der Waals surface area contributed by atoms with Crippen molar-refractivity contribution in [3.63, 3.8) is 0 Å². The molecule has 13 aromatic rings. The van der Waals surface area contributed by atoms with Crippen LogP contribution in [0.25, 0.3) is 99.5 Å². The Morgan fingerprint density at radius 3 is 1.45 bits per heavy atom. The van der Waals surface area contributed by atoms with Crippen molar-refractivity contribution in [2.45, 2.75) is 43.4 Å². The van der Waals surface area contributed by atoms with Crippen LogP contribution >= 0.6 is 0 Å². The molecular weight excluding hydrogens is 1040 g/mol. The lowest BCUT2D eigenvalue weighted by atomic mass is 9.89. The zero-order valence-electron chi connectivity index (χ0n) is 47.6. The monoisotopic (exact) mass is 1100 g/mol. The summed E-state index contributed by atoms with van der Waals surface area (Å²) in [5.41, 5.74) is 24.3. The van der Waals surface area contributed by atoms with Gasteiger partial charge >= 0.3 is 0 Å². The second-order valence-corrected chi connectivity index (χ2v) is 23.6. The van der Waals surface area contributed by atoms with Crippen molar-refractivity contribution in [1.82, 2.24) is 9.13 Å². The van der Waals surface area contributed by atoms with Gasteiger partial charge in [-0.3, -0.25) is 0 Å². The van der Waals surface area contributed by atoms with Gasteiger partial charge in [0.2, 0.25) is 0 Å². The van der Waals surface area contributed by atoms with Gasteiger partial charge in [-0.15, -0.1) is 0 Å². The van der Waals surface area contributed by atoms with Gasteiger partial charge in [-0.25, -0.2) is 0 Å². The summed E-state index contributed by atoms with van der Waals surface area (Å²) in [4.78, 5) is 5.13. The third-order valence-electron chi connectivity index (χ3n) is 18.7. The van der Waals surface area contributed by atoms with Crippen LogP contribution in [0.3, 0.4) is 0 Å².